The van der Waals surface area contributed by atoms with Crippen molar-refractivity contribution in [3.63, 3.8) is 0 Å². The Labute approximate surface area is 186 Å². The van der Waals surface area contributed by atoms with Crippen molar-refractivity contribution >= 4 is 35.2 Å². The summed E-state index contributed by atoms with van der Waals surface area (Å²) in [5, 5.41) is 2.75. The van der Waals surface area contributed by atoms with Crippen LogP contribution in [0.4, 0.5) is 16.2 Å². The van der Waals surface area contributed by atoms with Gasteiger partial charge in [0.05, 0.1) is 24.8 Å². The molecule has 0 bridgehead atoms. The van der Waals surface area contributed by atoms with E-state index in [1.807, 2.05) is 6.07 Å². The first-order valence-electron chi connectivity index (χ1n) is 10.7. The standard InChI is InChI=1S/C24H25N3O5/c1-32-23(30)16-11-13-17(14-12-16)25-21(28)15-20-22(29)27(19-7-3-2-4-8-19)24(31)26(20)18-9-5-6-10-18/h2-4,7-8,11-14,18,20H,5-6,9-10,15H2,1H3,(H,25,28)/t20-/m1/s1. The SMILES string of the molecule is COC(=O)c1ccc(NC(=O)C[C@@H]2C(=O)N(c3ccccc3)C(=O)N2C2CCCC2)cc1. The molecule has 1 saturated carbocycles. The zero-order valence-corrected chi connectivity index (χ0v) is 17.8. The van der Waals surface area contributed by atoms with E-state index in [-0.39, 0.29) is 30.3 Å². The highest BCUT2D eigenvalue weighted by Crippen LogP contribution is 2.34. The van der Waals surface area contributed by atoms with E-state index in [2.05, 4.69) is 10.1 Å². The molecule has 0 unspecified atom stereocenters. The predicted octanol–water partition coefficient (Wildman–Crippen LogP) is 3.58. The fourth-order valence-electron chi connectivity index (χ4n) is 4.40. The van der Waals surface area contributed by atoms with E-state index in [0.717, 1.165) is 25.7 Å². The molecule has 166 valence electrons. The molecule has 32 heavy (non-hydrogen) atoms. The fraction of sp³-hybridized carbons (Fsp3) is 0.333. The molecule has 0 radical (unpaired) electrons. The number of ether oxygens (including phenoxy) is 1. The molecule has 1 aliphatic carbocycles. The van der Waals surface area contributed by atoms with Crippen molar-refractivity contribution in [1.82, 2.24) is 4.90 Å². The number of para-hydroxylation sites is 1. The van der Waals surface area contributed by atoms with Crippen LogP contribution >= 0.6 is 0 Å². The molecule has 8 nitrogen and oxygen atoms in total. The third-order valence-corrected chi connectivity index (χ3v) is 5.95. The highest BCUT2D eigenvalue weighted by atomic mass is 16.5. The third-order valence-electron chi connectivity index (χ3n) is 5.95. The number of hydrogen-bond acceptors (Lipinski definition) is 5. The Balaban J connectivity index is 1.52. The molecule has 2 aliphatic rings. The number of urea groups is 1. The first-order chi connectivity index (χ1) is 15.5. The van der Waals surface area contributed by atoms with Crippen molar-refractivity contribution in [2.45, 2.75) is 44.2 Å². The van der Waals surface area contributed by atoms with Crippen LogP contribution in [0, 0.1) is 0 Å². The molecule has 8 heteroatoms. The van der Waals surface area contributed by atoms with Crippen LogP contribution in [0.1, 0.15) is 42.5 Å². The minimum atomic E-state index is -0.847. The quantitative estimate of drug-likeness (QED) is 0.553. The summed E-state index contributed by atoms with van der Waals surface area (Å²) in [6.45, 7) is 0. The lowest BCUT2D eigenvalue weighted by Crippen LogP contribution is -2.43. The van der Waals surface area contributed by atoms with Gasteiger partial charge in [-0.25, -0.2) is 14.5 Å². The van der Waals surface area contributed by atoms with E-state index in [1.165, 1.54) is 12.0 Å². The van der Waals surface area contributed by atoms with Crippen LogP contribution < -0.4 is 10.2 Å². The highest BCUT2D eigenvalue weighted by Gasteiger charge is 2.49. The van der Waals surface area contributed by atoms with E-state index in [9.17, 15) is 19.2 Å². The molecular formula is C24H25N3O5. The number of carbonyl (C=O) groups excluding carboxylic acids is 4. The lowest BCUT2D eigenvalue weighted by molar-refractivity contribution is -0.124. The van der Waals surface area contributed by atoms with Crippen LogP contribution in [0.2, 0.25) is 0 Å². The molecular weight excluding hydrogens is 410 g/mol. The van der Waals surface area contributed by atoms with Crippen LogP contribution in [0.5, 0.6) is 0 Å². The molecule has 0 spiro atoms. The van der Waals surface area contributed by atoms with Gasteiger partial charge in [-0.15, -0.1) is 0 Å². The predicted molar refractivity (Wildman–Crippen MR) is 118 cm³/mol. The molecule has 4 amide bonds. The Morgan fingerprint density at radius 1 is 1.00 bits per heavy atom. The number of nitrogens with zero attached hydrogens (tertiary/aromatic N) is 2. The Morgan fingerprint density at radius 3 is 2.28 bits per heavy atom. The minimum absolute atomic E-state index is 0.0442. The Kier molecular flexibility index (Phi) is 6.20. The Bertz CT molecular complexity index is 1020. The average Bonchev–Trinajstić information content (AvgIpc) is 3.41. The largest absolute Gasteiger partial charge is 0.465 e. The average molecular weight is 435 g/mol. The smallest absolute Gasteiger partial charge is 0.337 e. The zero-order valence-electron chi connectivity index (χ0n) is 17.8. The summed E-state index contributed by atoms with van der Waals surface area (Å²) in [5.41, 5.74) is 1.37. The van der Waals surface area contributed by atoms with Crippen molar-refractivity contribution in [2.75, 3.05) is 17.3 Å². The van der Waals surface area contributed by atoms with Gasteiger partial charge in [-0.2, -0.15) is 0 Å². The number of imide groups is 1. The van der Waals surface area contributed by atoms with Gasteiger partial charge in [0.2, 0.25) is 5.91 Å². The van der Waals surface area contributed by atoms with Gasteiger partial charge < -0.3 is 15.0 Å². The lowest BCUT2D eigenvalue weighted by atomic mass is 10.1. The monoisotopic (exact) mass is 435 g/mol. The number of amides is 4. The summed E-state index contributed by atoms with van der Waals surface area (Å²) in [7, 11) is 1.30. The summed E-state index contributed by atoms with van der Waals surface area (Å²) < 4.78 is 4.67. The third kappa shape index (κ3) is 4.21. The fourth-order valence-corrected chi connectivity index (χ4v) is 4.40. The number of carbonyl (C=O) groups is 4. The molecule has 2 fully saturated rings. The highest BCUT2D eigenvalue weighted by molar-refractivity contribution is 6.22. The minimum Gasteiger partial charge on any atom is -0.465 e. The van der Waals surface area contributed by atoms with Gasteiger partial charge in [0.15, 0.2) is 0 Å². The molecule has 1 heterocycles. The van der Waals surface area contributed by atoms with Crippen molar-refractivity contribution in [1.29, 1.82) is 0 Å². The Hall–Kier alpha value is -3.68. The second kappa shape index (κ2) is 9.21. The number of benzene rings is 2. The second-order valence-corrected chi connectivity index (χ2v) is 7.97. The second-order valence-electron chi connectivity index (χ2n) is 7.97. The molecule has 1 saturated heterocycles. The number of rotatable bonds is 6. The van der Waals surface area contributed by atoms with Crippen molar-refractivity contribution < 1.29 is 23.9 Å². The van der Waals surface area contributed by atoms with E-state index >= 15 is 0 Å². The van der Waals surface area contributed by atoms with Crippen LogP contribution in [-0.2, 0) is 14.3 Å². The van der Waals surface area contributed by atoms with Crippen LogP contribution in [0.3, 0.4) is 0 Å². The normalized spacial score (nSPS) is 18.8. The van der Waals surface area contributed by atoms with Crippen LogP contribution in [-0.4, -0.2) is 47.9 Å². The first kappa shape index (κ1) is 21.5. The maximum absolute atomic E-state index is 13.3. The van der Waals surface area contributed by atoms with Gasteiger partial charge in [0.1, 0.15) is 6.04 Å². The summed E-state index contributed by atoms with van der Waals surface area (Å²) >= 11 is 0. The van der Waals surface area contributed by atoms with Gasteiger partial charge in [-0.1, -0.05) is 31.0 Å². The number of anilines is 2. The first-order valence-corrected chi connectivity index (χ1v) is 10.7. The van der Waals surface area contributed by atoms with Gasteiger partial charge in [0, 0.05) is 11.7 Å². The van der Waals surface area contributed by atoms with Crippen LogP contribution in [0.15, 0.2) is 54.6 Å². The molecule has 2 aromatic rings. The van der Waals surface area contributed by atoms with Crippen LogP contribution in [0.25, 0.3) is 0 Å². The molecule has 2 aromatic carbocycles. The van der Waals surface area contributed by atoms with E-state index < -0.39 is 12.0 Å². The molecule has 0 aromatic heterocycles. The van der Waals surface area contributed by atoms with Crippen molar-refractivity contribution in [3.8, 4) is 0 Å². The van der Waals surface area contributed by atoms with Gasteiger partial charge in [-0.05, 0) is 49.2 Å². The zero-order chi connectivity index (χ0) is 22.7. The summed E-state index contributed by atoms with van der Waals surface area (Å²) in [6.07, 6.45) is 3.52. The van der Waals surface area contributed by atoms with E-state index in [4.69, 9.17) is 0 Å². The summed E-state index contributed by atoms with van der Waals surface area (Å²) in [6, 6.07) is 13.8. The number of nitrogens with one attached hydrogen (secondary N) is 1. The van der Waals surface area contributed by atoms with Crippen molar-refractivity contribution in [2.24, 2.45) is 0 Å². The van der Waals surface area contributed by atoms with Gasteiger partial charge in [0.25, 0.3) is 5.91 Å². The summed E-state index contributed by atoms with van der Waals surface area (Å²) in [4.78, 5) is 53.6. The number of esters is 1. The summed E-state index contributed by atoms with van der Waals surface area (Å²) in [5.74, 6) is -1.23. The van der Waals surface area contributed by atoms with Gasteiger partial charge >= 0.3 is 12.0 Å². The maximum atomic E-state index is 13.3. The maximum Gasteiger partial charge on any atom is 0.337 e. The van der Waals surface area contributed by atoms with E-state index in [1.54, 1.807) is 53.4 Å². The topological polar surface area (TPSA) is 96.0 Å². The number of hydrogen-bond donors (Lipinski definition) is 1. The van der Waals surface area contributed by atoms with Crippen molar-refractivity contribution in [3.05, 3.63) is 60.2 Å². The number of methoxy groups -OCH3 is 1. The molecule has 4 rings (SSSR count). The van der Waals surface area contributed by atoms with Gasteiger partial charge in [-0.3, -0.25) is 9.59 Å². The Morgan fingerprint density at radius 2 is 1.66 bits per heavy atom. The molecule has 1 aliphatic heterocycles. The van der Waals surface area contributed by atoms with E-state index in [0.29, 0.717) is 16.9 Å². The molecule has 1 atom stereocenters. The lowest BCUT2D eigenvalue weighted by Gasteiger charge is -2.27. The molecule has 1 N–H and O–H groups in total.